The SMILES string of the molecule is COCCCCNS(=O)(=O)c1ccc2c(c1)NCC2. The maximum absolute atomic E-state index is 12.1. The lowest BCUT2D eigenvalue weighted by molar-refractivity contribution is 0.193. The lowest BCUT2D eigenvalue weighted by Gasteiger charge is -2.08. The number of nitrogens with one attached hydrogen (secondary N) is 2. The van der Waals surface area contributed by atoms with E-state index in [1.165, 1.54) is 5.56 Å². The van der Waals surface area contributed by atoms with E-state index in [1.54, 1.807) is 19.2 Å². The Balaban J connectivity index is 1.95. The zero-order valence-corrected chi connectivity index (χ0v) is 11.9. The van der Waals surface area contributed by atoms with Gasteiger partial charge in [0.25, 0.3) is 0 Å². The van der Waals surface area contributed by atoms with Crippen LogP contribution in [-0.4, -0.2) is 35.2 Å². The number of benzene rings is 1. The second-order valence-corrected chi connectivity index (χ2v) is 6.36. The van der Waals surface area contributed by atoms with Crippen molar-refractivity contribution in [1.82, 2.24) is 4.72 Å². The molecule has 0 unspecified atom stereocenters. The lowest BCUT2D eigenvalue weighted by atomic mass is 10.2. The number of hydrogen-bond donors (Lipinski definition) is 2. The van der Waals surface area contributed by atoms with Crippen LogP contribution in [0.4, 0.5) is 5.69 Å². The lowest BCUT2D eigenvalue weighted by Crippen LogP contribution is -2.25. The molecule has 0 atom stereocenters. The molecule has 0 amide bonds. The predicted octanol–water partition coefficient (Wildman–Crippen LogP) is 1.36. The van der Waals surface area contributed by atoms with E-state index in [4.69, 9.17) is 4.74 Å². The number of hydrogen-bond acceptors (Lipinski definition) is 4. The fourth-order valence-corrected chi connectivity index (χ4v) is 3.20. The summed E-state index contributed by atoms with van der Waals surface area (Å²) in [6, 6.07) is 5.26. The molecule has 2 rings (SSSR count). The highest BCUT2D eigenvalue weighted by Gasteiger charge is 2.17. The van der Waals surface area contributed by atoms with Crippen molar-refractivity contribution in [1.29, 1.82) is 0 Å². The average molecular weight is 284 g/mol. The summed E-state index contributed by atoms with van der Waals surface area (Å²) < 4.78 is 31.7. The first-order valence-electron chi connectivity index (χ1n) is 6.49. The standard InChI is InChI=1S/C13H20N2O3S/c1-18-9-3-2-7-15-19(16,17)12-5-4-11-6-8-14-13(11)10-12/h4-5,10,14-15H,2-3,6-9H2,1H3. The minimum absolute atomic E-state index is 0.326. The molecular weight excluding hydrogens is 264 g/mol. The van der Waals surface area contributed by atoms with Crippen LogP contribution in [0.3, 0.4) is 0 Å². The zero-order chi connectivity index (χ0) is 13.7. The zero-order valence-electron chi connectivity index (χ0n) is 11.1. The summed E-state index contributed by atoms with van der Waals surface area (Å²) in [4.78, 5) is 0.326. The maximum Gasteiger partial charge on any atom is 0.240 e. The molecule has 2 N–H and O–H groups in total. The first-order valence-corrected chi connectivity index (χ1v) is 7.97. The molecule has 1 aliphatic heterocycles. The third kappa shape index (κ3) is 3.68. The Morgan fingerprint density at radius 3 is 3.00 bits per heavy atom. The molecule has 0 saturated carbocycles. The Morgan fingerprint density at radius 1 is 1.37 bits per heavy atom. The van der Waals surface area contributed by atoms with Gasteiger partial charge >= 0.3 is 0 Å². The Labute approximate surface area is 114 Å². The molecule has 0 radical (unpaired) electrons. The number of anilines is 1. The number of ether oxygens (including phenoxy) is 1. The first kappa shape index (κ1) is 14.3. The molecular formula is C13H20N2O3S. The van der Waals surface area contributed by atoms with Crippen LogP contribution in [0, 0.1) is 0 Å². The van der Waals surface area contributed by atoms with Crippen molar-refractivity contribution >= 4 is 15.7 Å². The van der Waals surface area contributed by atoms with E-state index in [0.717, 1.165) is 31.5 Å². The van der Waals surface area contributed by atoms with Gasteiger partial charge in [-0.25, -0.2) is 13.1 Å². The molecule has 1 aromatic carbocycles. The topological polar surface area (TPSA) is 67.4 Å². The van der Waals surface area contributed by atoms with Gasteiger partial charge in [-0.1, -0.05) is 6.07 Å². The average Bonchev–Trinajstić information content (AvgIpc) is 2.85. The van der Waals surface area contributed by atoms with Crippen LogP contribution in [0.2, 0.25) is 0 Å². The molecule has 0 spiro atoms. The second kappa shape index (κ2) is 6.36. The molecule has 19 heavy (non-hydrogen) atoms. The Hall–Kier alpha value is -1.11. The molecule has 106 valence electrons. The summed E-state index contributed by atoms with van der Waals surface area (Å²) in [6.45, 7) is 1.98. The Bertz CT molecular complexity index is 529. The summed E-state index contributed by atoms with van der Waals surface area (Å²) in [5.74, 6) is 0. The number of unbranched alkanes of at least 4 members (excludes halogenated alkanes) is 1. The van der Waals surface area contributed by atoms with Crippen LogP contribution >= 0.6 is 0 Å². The van der Waals surface area contributed by atoms with E-state index in [2.05, 4.69) is 10.0 Å². The summed E-state index contributed by atoms with van der Waals surface area (Å²) in [5, 5.41) is 3.19. The second-order valence-electron chi connectivity index (χ2n) is 4.59. The highest BCUT2D eigenvalue weighted by Crippen LogP contribution is 2.25. The fourth-order valence-electron chi connectivity index (χ4n) is 2.10. The molecule has 0 fully saturated rings. The number of methoxy groups -OCH3 is 1. The highest BCUT2D eigenvalue weighted by atomic mass is 32.2. The normalized spacial score (nSPS) is 14.2. The first-order chi connectivity index (χ1) is 9.13. The van der Waals surface area contributed by atoms with Gasteiger partial charge in [0, 0.05) is 32.5 Å². The summed E-state index contributed by atoms with van der Waals surface area (Å²) in [6.07, 6.45) is 2.58. The van der Waals surface area contributed by atoms with Gasteiger partial charge in [0.15, 0.2) is 0 Å². The van der Waals surface area contributed by atoms with Gasteiger partial charge in [-0.15, -0.1) is 0 Å². The Morgan fingerprint density at radius 2 is 2.21 bits per heavy atom. The third-order valence-electron chi connectivity index (χ3n) is 3.17. The summed E-state index contributed by atoms with van der Waals surface area (Å²) in [5.41, 5.74) is 2.11. The largest absolute Gasteiger partial charge is 0.385 e. The van der Waals surface area contributed by atoms with Crippen molar-refractivity contribution in [2.75, 3.05) is 32.1 Å². The van der Waals surface area contributed by atoms with E-state index in [0.29, 0.717) is 18.0 Å². The molecule has 0 aliphatic carbocycles. The van der Waals surface area contributed by atoms with Crippen LogP contribution in [0.5, 0.6) is 0 Å². The molecule has 6 heteroatoms. The molecule has 1 aromatic rings. The fraction of sp³-hybridized carbons (Fsp3) is 0.538. The monoisotopic (exact) mass is 284 g/mol. The summed E-state index contributed by atoms with van der Waals surface area (Å²) >= 11 is 0. The van der Waals surface area contributed by atoms with E-state index < -0.39 is 10.0 Å². The quantitative estimate of drug-likeness (QED) is 0.742. The van der Waals surface area contributed by atoms with Crippen LogP contribution < -0.4 is 10.0 Å². The molecule has 1 heterocycles. The van der Waals surface area contributed by atoms with Gasteiger partial charge < -0.3 is 10.1 Å². The summed E-state index contributed by atoms with van der Waals surface area (Å²) in [7, 11) is -1.76. The van der Waals surface area contributed by atoms with E-state index >= 15 is 0 Å². The van der Waals surface area contributed by atoms with Gasteiger partial charge in [-0.2, -0.15) is 0 Å². The van der Waals surface area contributed by atoms with Crippen molar-refractivity contribution in [2.24, 2.45) is 0 Å². The van der Waals surface area contributed by atoms with Crippen LogP contribution in [-0.2, 0) is 21.2 Å². The third-order valence-corrected chi connectivity index (χ3v) is 4.63. The number of rotatable bonds is 7. The molecule has 0 bridgehead atoms. The van der Waals surface area contributed by atoms with E-state index in [1.807, 2.05) is 6.07 Å². The Kier molecular flexibility index (Phi) is 4.79. The molecule has 0 aromatic heterocycles. The van der Waals surface area contributed by atoms with Gasteiger partial charge in [-0.05, 0) is 37.0 Å². The van der Waals surface area contributed by atoms with Crippen molar-refractivity contribution in [3.8, 4) is 0 Å². The maximum atomic E-state index is 12.1. The predicted molar refractivity (Wildman–Crippen MR) is 74.9 cm³/mol. The van der Waals surface area contributed by atoms with Crippen LogP contribution in [0.1, 0.15) is 18.4 Å². The number of fused-ring (bicyclic) bond motifs is 1. The van der Waals surface area contributed by atoms with Gasteiger partial charge in [0.05, 0.1) is 4.90 Å². The van der Waals surface area contributed by atoms with Crippen LogP contribution in [0.15, 0.2) is 23.1 Å². The van der Waals surface area contributed by atoms with Gasteiger partial charge in [-0.3, -0.25) is 0 Å². The smallest absolute Gasteiger partial charge is 0.240 e. The molecule has 1 aliphatic rings. The minimum Gasteiger partial charge on any atom is -0.385 e. The van der Waals surface area contributed by atoms with Crippen molar-refractivity contribution < 1.29 is 13.2 Å². The number of sulfonamides is 1. The van der Waals surface area contributed by atoms with Crippen molar-refractivity contribution in [3.05, 3.63) is 23.8 Å². The van der Waals surface area contributed by atoms with E-state index in [9.17, 15) is 8.42 Å². The van der Waals surface area contributed by atoms with Gasteiger partial charge in [0.2, 0.25) is 10.0 Å². The molecule has 0 saturated heterocycles. The highest BCUT2D eigenvalue weighted by molar-refractivity contribution is 7.89. The van der Waals surface area contributed by atoms with Crippen molar-refractivity contribution in [3.63, 3.8) is 0 Å². The van der Waals surface area contributed by atoms with Gasteiger partial charge in [0.1, 0.15) is 0 Å². The van der Waals surface area contributed by atoms with Crippen LogP contribution in [0.25, 0.3) is 0 Å². The van der Waals surface area contributed by atoms with Crippen molar-refractivity contribution in [2.45, 2.75) is 24.2 Å². The minimum atomic E-state index is -3.40. The molecule has 5 nitrogen and oxygen atoms in total. The van der Waals surface area contributed by atoms with E-state index in [-0.39, 0.29) is 0 Å².